The minimum Gasteiger partial charge on any atom is -0.355 e. The van der Waals surface area contributed by atoms with Crippen molar-refractivity contribution in [3.63, 3.8) is 0 Å². The average Bonchev–Trinajstić information content (AvgIpc) is 2.62. The van der Waals surface area contributed by atoms with Crippen LogP contribution in [0.5, 0.6) is 0 Å². The highest BCUT2D eigenvalue weighted by Crippen LogP contribution is 2.28. The van der Waals surface area contributed by atoms with Gasteiger partial charge in [0.1, 0.15) is 11.6 Å². The summed E-state index contributed by atoms with van der Waals surface area (Å²) in [6.45, 7) is 6.40. The van der Waals surface area contributed by atoms with Crippen LogP contribution < -0.4 is 10.2 Å². The molecule has 0 saturated carbocycles. The molecule has 3 rings (SSSR count). The lowest BCUT2D eigenvalue weighted by Gasteiger charge is -2.23. The van der Waals surface area contributed by atoms with Crippen LogP contribution in [0.4, 0.5) is 5.82 Å². The van der Waals surface area contributed by atoms with Gasteiger partial charge in [0.05, 0.1) is 0 Å². The first kappa shape index (κ1) is 11.0. The number of hydrogen-bond acceptors (Lipinski definition) is 4. The number of fused-ring (bicyclic) bond motifs is 1. The molecule has 0 unspecified atom stereocenters. The Labute approximate surface area is 102 Å². The molecule has 0 bridgehead atoms. The van der Waals surface area contributed by atoms with Gasteiger partial charge in [-0.2, -0.15) is 0 Å². The molecule has 0 radical (unpaired) electrons. The fraction of sp³-hybridized carbons (Fsp3) is 0.692. The summed E-state index contributed by atoms with van der Waals surface area (Å²) in [4.78, 5) is 11.7. The van der Waals surface area contributed by atoms with Crippen molar-refractivity contribution in [3.05, 3.63) is 17.1 Å². The molecule has 2 heterocycles. The molecule has 0 spiro atoms. The number of aromatic nitrogens is 2. The van der Waals surface area contributed by atoms with Crippen molar-refractivity contribution in [2.45, 2.75) is 32.6 Å². The number of nitrogens with one attached hydrogen (secondary N) is 1. The standard InChI is InChI=1S/C13H20N4/c1-10-15-12-5-2-4-11(12)13(16-10)17-8-3-6-14-7-9-17/h14H,2-9H2,1H3. The fourth-order valence-electron chi connectivity index (χ4n) is 2.85. The lowest BCUT2D eigenvalue weighted by atomic mass is 10.2. The molecule has 1 N–H and O–H groups in total. The number of aryl methyl sites for hydroxylation is 2. The van der Waals surface area contributed by atoms with E-state index < -0.39 is 0 Å². The average molecular weight is 232 g/mol. The van der Waals surface area contributed by atoms with Crippen molar-refractivity contribution >= 4 is 5.82 Å². The van der Waals surface area contributed by atoms with Crippen LogP contribution in [0.3, 0.4) is 0 Å². The predicted molar refractivity (Wildman–Crippen MR) is 68.5 cm³/mol. The maximum absolute atomic E-state index is 4.70. The smallest absolute Gasteiger partial charge is 0.135 e. The van der Waals surface area contributed by atoms with E-state index in [1.165, 1.54) is 29.9 Å². The molecule has 2 aliphatic rings. The van der Waals surface area contributed by atoms with Gasteiger partial charge in [-0.25, -0.2) is 9.97 Å². The quantitative estimate of drug-likeness (QED) is 0.786. The molecule has 1 aromatic heterocycles. The van der Waals surface area contributed by atoms with Gasteiger partial charge in [-0.15, -0.1) is 0 Å². The van der Waals surface area contributed by atoms with Crippen molar-refractivity contribution in [3.8, 4) is 0 Å². The Morgan fingerprint density at radius 2 is 2.00 bits per heavy atom. The van der Waals surface area contributed by atoms with Gasteiger partial charge in [-0.05, 0) is 39.2 Å². The molecular weight excluding hydrogens is 212 g/mol. The van der Waals surface area contributed by atoms with E-state index in [1.54, 1.807) is 0 Å². The summed E-state index contributed by atoms with van der Waals surface area (Å²) in [5.74, 6) is 2.14. The topological polar surface area (TPSA) is 41.1 Å². The van der Waals surface area contributed by atoms with E-state index in [4.69, 9.17) is 4.98 Å². The van der Waals surface area contributed by atoms with Crippen molar-refractivity contribution in [1.82, 2.24) is 15.3 Å². The number of anilines is 1. The van der Waals surface area contributed by atoms with Gasteiger partial charge < -0.3 is 10.2 Å². The molecule has 1 saturated heterocycles. The third-order valence-electron chi connectivity index (χ3n) is 3.66. The highest BCUT2D eigenvalue weighted by atomic mass is 15.2. The van der Waals surface area contributed by atoms with E-state index in [-0.39, 0.29) is 0 Å². The predicted octanol–water partition coefficient (Wildman–Crippen LogP) is 1.07. The van der Waals surface area contributed by atoms with Crippen LogP contribution in [0, 0.1) is 6.92 Å². The van der Waals surface area contributed by atoms with Crippen LogP contribution in [0.2, 0.25) is 0 Å². The Kier molecular flexibility index (Phi) is 2.97. The van der Waals surface area contributed by atoms with Crippen LogP contribution in [0.1, 0.15) is 29.9 Å². The number of hydrogen-bond donors (Lipinski definition) is 1. The maximum Gasteiger partial charge on any atom is 0.135 e. The molecule has 4 nitrogen and oxygen atoms in total. The minimum absolute atomic E-state index is 0.929. The Morgan fingerprint density at radius 3 is 2.94 bits per heavy atom. The van der Waals surface area contributed by atoms with Gasteiger partial charge in [-0.1, -0.05) is 0 Å². The zero-order valence-electron chi connectivity index (χ0n) is 10.5. The van der Waals surface area contributed by atoms with Crippen LogP contribution in [-0.2, 0) is 12.8 Å². The molecule has 1 aliphatic carbocycles. The van der Waals surface area contributed by atoms with E-state index in [0.717, 1.165) is 44.8 Å². The second-order valence-electron chi connectivity index (χ2n) is 4.96. The molecular formula is C13H20N4. The molecule has 0 amide bonds. The summed E-state index contributed by atoms with van der Waals surface area (Å²) in [6.07, 6.45) is 4.75. The number of rotatable bonds is 1. The van der Waals surface area contributed by atoms with E-state index in [2.05, 4.69) is 15.2 Å². The molecule has 4 heteroatoms. The van der Waals surface area contributed by atoms with E-state index >= 15 is 0 Å². The summed E-state index contributed by atoms with van der Waals surface area (Å²) in [5, 5.41) is 3.44. The van der Waals surface area contributed by atoms with E-state index in [0.29, 0.717) is 0 Å². The maximum atomic E-state index is 4.70. The van der Waals surface area contributed by atoms with Gasteiger partial charge in [-0.3, -0.25) is 0 Å². The van der Waals surface area contributed by atoms with Gasteiger partial charge >= 0.3 is 0 Å². The zero-order chi connectivity index (χ0) is 11.7. The molecule has 1 fully saturated rings. The minimum atomic E-state index is 0.929. The monoisotopic (exact) mass is 232 g/mol. The molecule has 1 aromatic rings. The third kappa shape index (κ3) is 2.14. The first-order valence-electron chi connectivity index (χ1n) is 6.66. The summed E-state index contributed by atoms with van der Waals surface area (Å²) in [5.41, 5.74) is 2.71. The Balaban J connectivity index is 1.95. The number of nitrogens with zero attached hydrogens (tertiary/aromatic N) is 3. The molecule has 1 aliphatic heterocycles. The van der Waals surface area contributed by atoms with Crippen molar-refractivity contribution < 1.29 is 0 Å². The molecule has 0 atom stereocenters. The SMILES string of the molecule is Cc1nc2c(c(N3CCCNCC3)n1)CCC2. The lowest BCUT2D eigenvalue weighted by Crippen LogP contribution is -2.30. The van der Waals surface area contributed by atoms with Crippen LogP contribution in [-0.4, -0.2) is 36.1 Å². The summed E-state index contributed by atoms with van der Waals surface area (Å²) in [6, 6.07) is 0. The summed E-state index contributed by atoms with van der Waals surface area (Å²) < 4.78 is 0. The largest absolute Gasteiger partial charge is 0.355 e. The highest BCUT2D eigenvalue weighted by molar-refractivity contribution is 5.51. The van der Waals surface area contributed by atoms with Crippen molar-refractivity contribution in [1.29, 1.82) is 0 Å². The van der Waals surface area contributed by atoms with Crippen LogP contribution in [0.25, 0.3) is 0 Å². The van der Waals surface area contributed by atoms with E-state index in [9.17, 15) is 0 Å². The Morgan fingerprint density at radius 1 is 1.06 bits per heavy atom. The Hall–Kier alpha value is -1.16. The van der Waals surface area contributed by atoms with Crippen molar-refractivity contribution in [2.24, 2.45) is 0 Å². The summed E-state index contributed by atoms with van der Waals surface area (Å²) >= 11 is 0. The van der Waals surface area contributed by atoms with Gasteiger partial charge in [0.15, 0.2) is 0 Å². The normalized spacial score (nSPS) is 20.2. The second kappa shape index (κ2) is 4.61. The lowest BCUT2D eigenvalue weighted by molar-refractivity contribution is 0.724. The van der Waals surface area contributed by atoms with Crippen LogP contribution in [0.15, 0.2) is 0 Å². The van der Waals surface area contributed by atoms with Gasteiger partial charge in [0.25, 0.3) is 0 Å². The molecule has 92 valence electrons. The first-order chi connectivity index (χ1) is 8.34. The second-order valence-corrected chi connectivity index (χ2v) is 4.96. The van der Waals surface area contributed by atoms with Gasteiger partial charge in [0, 0.05) is 30.9 Å². The van der Waals surface area contributed by atoms with Gasteiger partial charge in [0.2, 0.25) is 0 Å². The molecule has 0 aromatic carbocycles. The first-order valence-corrected chi connectivity index (χ1v) is 6.66. The zero-order valence-corrected chi connectivity index (χ0v) is 10.5. The third-order valence-corrected chi connectivity index (χ3v) is 3.66. The fourth-order valence-corrected chi connectivity index (χ4v) is 2.85. The summed E-state index contributed by atoms with van der Waals surface area (Å²) in [7, 11) is 0. The molecule has 17 heavy (non-hydrogen) atoms. The Bertz CT molecular complexity index is 408. The van der Waals surface area contributed by atoms with Crippen molar-refractivity contribution in [2.75, 3.05) is 31.1 Å². The highest BCUT2D eigenvalue weighted by Gasteiger charge is 2.22. The van der Waals surface area contributed by atoms with E-state index in [1.807, 2.05) is 6.92 Å². The van der Waals surface area contributed by atoms with Crippen LogP contribution >= 0.6 is 0 Å².